The highest BCUT2D eigenvalue weighted by Crippen LogP contribution is 2.09. The van der Waals surface area contributed by atoms with E-state index in [4.69, 9.17) is 0 Å². The number of benzene rings is 1. The molecule has 0 bridgehead atoms. The number of nitrogens with zero attached hydrogens (tertiary/aromatic N) is 1. The Kier molecular flexibility index (Phi) is 6.10. The van der Waals surface area contributed by atoms with Gasteiger partial charge in [-0.05, 0) is 31.5 Å². The van der Waals surface area contributed by atoms with E-state index in [0.29, 0.717) is 5.69 Å². The molecule has 2 rings (SSSR count). The van der Waals surface area contributed by atoms with Crippen LogP contribution < -0.4 is 10.0 Å². The Morgan fingerprint density at radius 2 is 1.92 bits per heavy atom. The molecule has 0 saturated carbocycles. The van der Waals surface area contributed by atoms with Crippen LogP contribution >= 0.6 is 0 Å². The maximum absolute atomic E-state index is 12.1. The first-order valence-electron chi connectivity index (χ1n) is 7.81. The Morgan fingerprint density at radius 1 is 1.21 bits per heavy atom. The van der Waals surface area contributed by atoms with Crippen molar-refractivity contribution in [2.75, 3.05) is 13.1 Å². The van der Waals surface area contributed by atoms with E-state index in [2.05, 4.69) is 20.2 Å². The summed E-state index contributed by atoms with van der Waals surface area (Å²) in [7, 11) is -3.57. The molecule has 3 N–H and O–H groups in total. The van der Waals surface area contributed by atoms with Gasteiger partial charge in [0.05, 0.1) is 4.90 Å². The van der Waals surface area contributed by atoms with E-state index in [1.54, 1.807) is 30.3 Å². The highest BCUT2D eigenvalue weighted by molar-refractivity contribution is 7.89. The van der Waals surface area contributed by atoms with Gasteiger partial charge in [0.1, 0.15) is 5.69 Å². The molecular formula is C16H22N4O3S. The zero-order valence-corrected chi connectivity index (χ0v) is 14.6. The lowest BCUT2D eigenvalue weighted by Crippen LogP contribution is -2.34. The number of hydrogen-bond donors (Lipinski definition) is 3. The van der Waals surface area contributed by atoms with Gasteiger partial charge in [-0.2, -0.15) is 5.10 Å². The summed E-state index contributed by atoms with van der Waals surface area (Å²) >= 11 is 0. The fraction of sp³-hybridized carbons (Fsp3) is 0.375. The number of sulfonamides is 1. The number of rotatable bonds is 8. The molecule has 0 fully saturated rings. The first-order valence-corrected chi connectivity index (χ1v) is 9.29. The van der Waals surface area contributed by atoms with E-state index in [9.17, 15) is 13.2 Å². The second-order valence-electron chi connectivity index (χ2n) is 5.50. The number of aromatic amines is 1. The molecule has 0 unspecified atom stereocenters. The van der Waals surface area contributed by atoms with Crippen LogP contribution in [0.1, 0.15) is 35.1 Å². The smallest absolute Gasteiger partial charge is 0.271 e. The van der Waals surface area contributed by atoms with Gasteiger partial charge in [-0.1, -0.05) is 31.0 Å². The molecule has 24 heavy (non-hydrogen) atoms. The van der Waals surface area contributed by atoms with Crippen LogP contribution in [0.4, 0.5) is 0 Å². The van der Waals surface area contributed by atoms with Crippen molar-refractivity contribution in [2.24, 2.45) is 0 Å². The van der Waals surface area contributed by atoms with Crippen LogP contribution in [0.3, 0.4) is 0 Å². The van der Waals surface area contributed by atoms with Gasteiger partial charge in [-0.3, -0.25) is 9.89 Å². The van der Waals surface area contributed by atoms with Gasteiger partial charge in [0.15, 0.2) is 0 Å². The van der Waals surface area contributed by atoms with Gasteiger partial charge in [-0.15, -0.1) is 0 Å². The first kappa shape index (κ1) is 18.2. The summed E-state index contributed by atoms with van der Waals surface area (Å²) in [4.78, 5) is 12.1. The van der Waals surface area contributed by atoms with Crippen LogP contribution in [0.5, 0.6) is 0 Å². The third-order valence-corrected chi connectivity index (χ3v) is 4.89. The number of amides is 1. The summed E-state index contributed by atoms with van der Waals surface area (Å²) in [6.45, 7) is 4.22. The van der Waals surface area contributed by atoms with Crippen molar-refractivity contribution in [2.45, 2.75) is 31.6 Å². The molecule has 130 valence electrons. The molecule has 0 saturated heterocycles. The van der Waals surface area contributed by atoms with Crippen molar-refractivity contribution >= 4 is 15.9 Å². The minimum Gasteiger partial charge on any atom is -0.349 e. The fourth-order valence-corrected chi connectivity index (χ4v) is 3.16. The quantitative estimate of drug-likeness (QED) is 0.626. The van der Waals surface area contributed by atoms with Gasteiger partial charge < -0.3 is 5.32 Å². The largest absolute Gasteiger partial charge is 0.349 e. The summed E-state index contributed by atoms with van der Waals surface area (Å²) in [5.41, 5.74) is 2.20. The van der Waals surface area contributed by atoms with Gasteiger partial charge in [0.25, 0.3) is 5.91 Å². The summed E-state index contributed by atoms with van der Waals surface area (Å²) in [6, 6.07) is 8.28. The van der Waals surface area contributed by atoms with E-state index < -0.39 is 10.0 Å². The number of aryl methyl sites for hydroxylation is 2. The molecule has 1 amide bonds. The van der Waals surface area contributed by atoms with Crippen molar-refractivity contribution in [3.05, 3.63) is 47.3 Å². The highest BCUT2D eigenvalue weighted by atomic mass is 32.2. The van der Waals surface area contributed by atoms with Gasteiger partial charge in [-0.25, -0.2) is 13.1 Å². The SMILES string of the molecule is CCCc1cc(C(=O)NCCNS(=O)(=O)c2ccc(C)cc2)n[nH]1. The number of H-pyrrole nitrogens is 1. The Balaban J connectivity index is 1.81. The Labute approximate surface area is 141 Å². The summed E-state index contributed by atoms with van der Waals surface area (Å²) in [5, 5.41) is 9.39. The lowest BCUT2D eigenvalue weighted by atomic mass is 10.2. The molecule has 1 heterocycles. The second kappa shape index (κ2) is 8.07. The number of nitrogens with one attached hydrogen (secondary N) is 3. The van der Waals surface area contributed by atoms with Crippen LogP contribution in [0, 0.1) is 6.92 Å². The first-order chi connectivity index (χ1) is 11.4. The van der Waals surface area contributed by atoms with Crippen molar-refractivity contribution in [1.29, 1.82) is 0 Å². The van der Waals surface area contributed by atoms with Gasteiger partial charge in [0, 0.05) is 18.8 Å². The van der Waals surface area contributed by atoms with Crippen LogP contribution in [0.2, 0.25) is 0 Å². The maximum Gasteiger partial charge on any atom is 0.271 e. The maximum atomic E-state index is 12.1. The van der Waals surface area contributed by atoms with Gasteiger partial charge in [0.2, 0.25) is 10.0 Å². The molecule has 0 aliphatic rings. The van der Waals surface area contributed by atoms with Crippen molar-refractivity contribution in [3.63, 3.8) is 0 Å². The predicted octanol–water partition coefficient (Wildman–Crippen LogP) is 1.38. The third kappa shape index (κ3) is 4.90. The standard InChI is InChI=1S/C16H22N4O3S/c1-3-4-13-11-15(20-19-13)16(21)17-9-10-18-24(22,23)14-7-5-12(2)6-8-14/h5-8,11,18H,3-4,9-10H2,1-2H3,(H,17,21)(H,19,20). The molecule has 0 atom stereocenters. The molecule has 0 radical (unpaired) electrons. The molecule has 0 spiro atoms. The van der Waals surface area contributed by atoms with E-state index in [1.165, 1.54) is 0 Å². The van der Waals surface area contributed by atoms with E-state index >= 15 is 0 Å². The zero-order chi connectivity index (χ0) is 17.6. The monoisotopic (exact) mass is 350 g/mol. The number of hydrogen-bond acceptors (Lipinski definition) is 4. The highest BCUT2D eigenvalue weighted by Gasteiger charge is 2.14. The Bertz CT molecular complexity index is 782. The molecule has 1 aromatic heterocycles. The second-order valence-corrected chi connectivity index (χ2v) is 7.26. The van der Waals surface area contributed by atoms with Crippen LogP contribution in [-0.2, 0) is 16.4 Å². The number of carbonyl (C=O) groups is 1. The Hall–Kier alpha value is -2.19. The predicted molar refractivity (Wildman–Crippen MR) is 91.3 cm³/mol. The number of aromatic nitrogens is 2. The topological polar surface area (TPSA) is 104 Å². The van der Waals surface area contributed by atoms with Crippen LogP contribution in [0.15, 0.2) is 35.2 Å². The normalized spacial score (nSPS) is 11.4. The van der Waals surface area contributed by atoms with E-state index in [1.807, 2.05) is 13.8 Å². The molecular weight excluding hydrogens is 328 g/mol. The average Bonchev–Trinajstić information content (AvgIpc) is 3.01. The molecule has 1 aromatic carbocycles. The van der Waals surface area contributed by atoms with E-state index in [-0.39, 0.29) is 23.9 Å². The summed E-state index contributed by atoms with van der Waals surface area (Å²) in [5.74, 6) is -0.330. The molecule has 8 heteroatoms. The average molecular weight is 350 g/mol. The zero-order valence-electron chi connectivity index (χ0n) is 13.8. The number of carbonyl (C=O) groups excluding carboxylic acids is 1. The summed E-state index contributed by atoms with van der Waals surface area (Å²) < 4.78 is 26.6. The molecule has 7 nitrogen and oxygen atoms in total. The molecule has 0 aliphatic heterocycles. The van der Waals surface area contributed by atoms with E-state index in [0.717, 1.165) is 24.1 Å². The minimum absolute atomic E-state index is 0.105. The van der Waals surface area contributed by atoms with Crippen molar-refractivity contribution in [3.8, 4) is 0 Å². The van der Waals surface area contributed by atoms with Crippen LogP contribution in [-0.4, -0.2) is 37.6 Å². The lowest BCUT2D eigenvalue weighted by molar-refractivity contribution is 0.0949. The fourth-order valence-electron chi connectivity index (χ4n) is 2.13. The minimum atomic E-state index is -3.57. The Morgan fingerprint density at radius 3 is 2.58 bits per heavy atom. The molecule has 2 aromatic rings. The lowest BCUT2D eigenvalue weighted by Gasteiger charge is -2.07. The van der Waals surface area contributed by atoms with Gasteiger partial charge >= 0.3 is 0 Å². The van der Waals surface area contributed by atoms with Crippen molar-refractivity contribution < 1.29 is 13.2 Å². The van der Waals surface area contributed by atoms with Crippen LogP contribution in [0.25, 0.3) is 0 Å². The third-order valence-electron chi connectivity index (χ3n) is 3.42. The van der Waals surface area contributed by atoms with Crippen molar-refractivity contribution in [1.82, 2.24) is 20.2 Å². The summed E-state index contributed by atoms with van der Waals surface area (Å²) in [6.07, 6.45) is 1.79. The molecule has 0 aliphatic carbocycles.